The summed E-state index contributed by atoms with van der Waals surface area (Å²) in [5, 5.41) is 3.59. The summed E-state index contributed by atoms with van der Waals surface area (Å²) in [4.78, 5) is 6.93. The van der Waals surface area contributed by atoms with Crippen LogP contribution in [0.2, 0.25) is 0 Å². The van der Waals surface area contributed by atoms with Crippen molar-refractivity contribution in [2.45, 2.75) is 65.6 Å². The number of anilines is 1. The molecule has 0 aliphatic carbocycles. The molecule has 1 N–H and O–H groups in total. The fraction of sp³-hybridized carbons (Fsp3) is 0.706. The normalized spacial score (nSPS) is 19.9. The van der Waals surface area contributed by atoms with Gasteiger partial charge in [0.05, 0.1) is 11.9 Å². The molecule has 0 bridgehead atoms. The van der Waals surface area contributed by atoms with Crippen molar-refractivity contribution in [1.29, 1.82) is 0 Å². The molecule has 0 aromatic carbocycles. The Labute approximate surface area is 123 Å². The third kappa shape index (κ3) is 3.72. The van der Waals surface area contributed by atoms with Crippen molar-refractivity contribution in [3.05, 3.63) is 24.0 Å². The predicted octanol–water partition coefficient (Wildman–Crippen LogP) is 3.59. The molecule has 1 aliphatic rings. The van der Waals surface area contributed by atoms with Crippen LogP contribution >= 0.6 is 0 Å². The van der Waals surface area contributed by atoms with Crippen LogP contribution in [0, 0.1) is 5.92 Å². The highest BCUT2D eigenvalue weighted by molar-refractivity contribution is 5.53. The lowest BCUT2D eigenvalue weighted by atomic mass is 10.0. The Hall–Kier alpha value is -1.09. The van der Waals surface area contributed by atoms with Gasteiger partial charge in [-0.15, -0.1) is 0 Å². The number of rotatable bonds is 4. The Bertz CT molecular complexity index is 434. The lowest BCUT2D eigenvalue weighted by Crippen LogP contribution is -2.37. The molecule has 112 valence electrons. The number of aromatic nitrogens is 1. The second kappa shape index (κ2) is 6.13. The summed E-state index contributed by atoms with van der Waals surface area (Å²) in [5.41, 5.74) is 2.83. The van der Waals surface area contributed by atoms with Crippen LogP contribution in [-0.2, 0) is 6.54 Å². The second-order valence-corrected chi connectivity index (χ2v) is 7.25. The van der Waals surface area contributed by atoms with Crippen LogP contribution in [0.1, 0.15) is 53.0 Å². The third-order valence-electron chi connectivity index (χ3n) is 4.07. The maximum Gasteiger partial charge on any atom is 0.0600 e. The van der Waals surface area contributed by atoms with Gasteiger partial charge in [0.25, 0.3) is 0 Å². The van der Waals surface area contributed by atoms with Gasteiger partial charge < -0.3 is 10.2 Å². The average Bonchev–Trinajstić information content (AvgIpc) is 2.85. The first-order valence-corrected chi connectivity index (χ1v) is 7.83. The molecule has 0 saturated carbocycles. The molecule has 1 unspecified atom stereocenters. The maximum atomic E-state index is 4.36. The van der Waals surface area contributed by atoms with Crippen molar-refractivity contribution in [3.63, 3.8) is 0 Å². The van der Waals surface area contributed by atoms with Crippen molar-refractivity contribution < 1.29 is 0 Å². The second-order valence-electron chi connectivity index (χ2n) is 7.25. The highest BCUT2D eigenvalue weighted by Crippen LogP contribution is 2.31. The Balaban J connectivity index is 2.19. The molecule has 0 radical (unpaired) electrons. The highest BCUT2D eigenvalue weighted by atomic mass is 15.2. The lowest BCUT2D eigenvalue weighted by Gasteiger charge is -2.31. The highest BCUT2D eigenvalue weighted by Gasteiger charge is 2.28. The number of hydrogen-bond acceptors (Lipinski definition) is 3. The molecule has 0 amide bonds. The van der Waals surface area contributed by atoms with Crippen molar-refractivity contribution in [2.24, 2.45) is 5.92 Å². The summed E-state index contributed by atoms with van der Waals surface area (Å²) in [6.45, 7) is 13.3. The molecule has 1 aromatic rings. The molecule has 1 aromatic heterocycles. The van der Waals surface area contributed by atoms with Crippen LogP contribution in [0.15, 0.2) is 18.5 Å². The quantitative estimate of drug-likeness (QED) is 0.910. The smallest absolute Gasteiger partial charge is 0.0600 e. The Morgan fingerprint density at radius 1 is 1.40 bits per heavy atom. The zero-order chi connectivity index (χ0) is 14.8. The summed E-state index contributed by atoms with van der Waals surface area (Å²) < 4.78 is 0. The maximum absolute atomic E-state index is 4.36. The first-order valence-electron chi connectivity index (χ1n) is 7.83. The largest absolute Gasteiger partial charge is 0.367 e. The van der Waals surface area contributed by atoms with E-state index < -0.39 is 0 Å². The van der Waals surface area contributed by atoms with E-state index in [0.29, 0.717) is 12.0 Å². The minimum absolute atomic E-state index is 0.142. The van der Waals surface area contributed by atoms with E-state index in [0.717, 1.165) is 13.1 Å². The molecular formula is C17H29N3. The fourth-order valence-electron chi connectivity index (χ4n) is 2.97. The summed E-state index contributed by atoms with van der Waals surface area (Å²) in [6, 6.07) is 2.82. The zero-order valence-electron chi connectivity index (χ0n) is 13.6. The molecule has 2 rings (SSSR count). The van der Waals surface area contributed by atoms with E-state index in [4.69, 9.17) is 0 Å². The van der Waals surface area contributed by atoms with Crippen LogP contribution in [0.25, 0.3) is 0 Å². The van der Waals surface area contributed by atoms with Crippen LogP contribution in [0.5, 0.6) is 0 Å². The minimum Gasteiger partial charge on any atom is -0.367 e. The van der Waals surface area contributed by atoms with Gasteiger partial charge in [-0.3, -0.25) is 4.98 Å². The molecular weight excluding hydrogens is 246 g/mol. The molecule has 2 heterocycles. The van der Waals surface area contributed by atoms with E-state index in [1.54, 1.807) is 0 Å². The van der Waals surface area contributed by atoms with Gasteiger partial charge in [0.15, 0.2) is 0 Å². The first kappa shape index (κ1) is 15.3. The van der Waals surface area contributed by atoms with Crippen LogP contribution in [0.4, 0.5) is 5.69 Å². The third-order valence-corrected chi connectivity index (χ3v) is 4.07. The fourth-order valence-corrected chi connectivity index (χ4v) is 2.97. The van der Waals surface area contributed by atoms with Gasteiger partial charge in [-0.2, -0.15) is 0 Å². The van der Waals surface area contributed by atoms with E-state index >= 15 is 0 Å². The Kier molecular flexibility index (Phi) is 4.69. The van der Waals surface area contributed by atoms with E-state index in [1.165, 1.54) is 24.1 Å². The molecule has 1 aliphatic heterocycles. The summed E-state index contributed by atoms with van der Waals surface area (Å²) in [5.74, 6) is 0.695. The lowest BCUT2D eigenvalue weighted by molar-refractivity contribution is 0.423. The van der Waals surface area contributed by atoms with Gasteiger partial charge in [0.2, 0.25) is 0 Å². The van der Waals surface area contributed by atoms with E-state index in [2.05, 4.69) is 55.9 Å². The predicted molar refractivity (Wildman–Crippen MR) is 86.0 cm³/mol. The van der Waals surface area contributed by atoms with Crippen molar-refractivity contribution in [2.75, 3.05) is 11.4 Å². The van der Waals surface area contributed by atoms with Gasteiger partial charge in [-0.05, 0) is 51.2 Å². The Morgan fingerprint density at radius 3 is 2.80 bits per heavy atom. The van der Waals surface area contributed by atoms with E-state index in [-0.39, 0.29) is 5.54 Å². The first-order chi connectivity index (χ1) is 9.38. The number of pyridine rings is 1. The Morgan fingerprint density at radius 2 is 2.15 bits per heavy atom. The molecule has 3 nitrogen and oxygen atoms in total. The van der Waals surface area contributed by atoms with Gasteiger partial charge in [0.1, 0.15) is 0 Å². The molecule has 1 saturated heterocycles. The van der Waals surface area contributed by atoms with Crippen molar-refractivity contribution in [3.8, 4) is 0 Å². The monoisotopic (exact) mass is 275 g/mol. The number of hydrogen-bond donors (Lipinski definition) is 1. The van der Waals surface area contributed by atoms with E-state index in [9.17, 15) is 0 Å². The van der Waals surface area contributed by atoms with Gasteiger partial charge >= 0.3 is 0 Å². The van der Waals surface area contributed by atoms with Crippen LogP contribution in [0.3, 0.4) is 0 Å². The summed E-state index contributed by atoms with van der Waals surface area (Å²) in [7, 11) is 0. The number of nitrogens with one attached hydrogen (secondary N) is 1. The van der Waals surface area contributed by atoms with Crippen molar-refractivity contribution >= 4 is 5.69 Å². The summed E-state index contributed by atoms with van der Waals surface area (Å²) in [6.07, 6.45) is 6.55. The topological polar surface area (TPSA) is 28.2 Å². The van der Waals surface area contributed by atoms with Crippen LogP contribution < -0.4 is 10.2 Å². The molecule has 3 heteroatoms. The summed E-state index contributed by atoms with van der Waals surface area (Å²) >= 11 is 0. The van der Waals surface area contributed by atoms with Gasteiger partial charge in [0, 0.05) is 30.9 Å². The standard InChI is InChI=1S/C17H29N3/c1-13(2)15-7-6-10-20(15)16-12-18-9-8-14(16)11-19-17(3,4)5/h8-9,12-13,15,19H,6-7,10-11H2,1-5H3. The minimum atomic E-state index is 0.142. The van der Waals surface area contributed by atoms with Crippen LogP contribution in [-0.4, -0.2) is 23.1 Å². The molecule has 0 spiro atoms. The zero-order valence-corrected chi connectivity index (χ0v) is 13.6. The molecule has 1 atom stereocenters. The average molecular weight is 275 g/mol. The van der Waals surface area contributed by atoms with E-state index in [1.807, 2.05) is 12.4 Å². The van der Waals surface area contributed by atoms with Gasteiger partial charge in [-0.25, -0.2) is 0 Å². The molecule has 20 heavy (non-hydrogen) atoms. The number of nitrogens with zero attached hydrogens (tertiary/aromatic N) is 2. The van der Waals surface area contributed by atoms with Gasteiger partial charge in [-0.1, -0.05) is 13.8 Å². The molecule has 1 fully saturated rings. The SMILES string of the molecule is CC(C)C1CCCN1c1cnccc1CNC(C)(C)C. The van der Waals surface area contributed by atoms with Crippen molar-refractivity contribution in [1.82, 2.24) is 10.3 Å².